The highest BCUT2D eigenvalue weighted by molar-refractivity contribution is 9.10. The molecule has 1 atom stereocenters. The first kappa shape index (κ1) is 13.7. The Hall–Kier alpha value is -0.350. The third kappa shape index (κ3) is 2.18. The Morgan fingerprint density at radius 2 is 2.00 bits per heavy atom. The van der Waals surface area contributed by atoms with Gasteiger partial charge in [-0.1, -0.05) is 20.8 Å². The monoisotopic (exact) mass is 288 g/mol. The normalized spacial score (nSPS) is 15.8. The van der Waals surface area contributed by atoms with Crippen LogP contribution in [0, 0.1) is 5.92 Å². The third-order valence-electron chi connectivity index (χ3n) is 3.14. The highest BCUT2D eigenvalue weighted by atomic mass is 79.9. The van der Waals surface area contributed by atoms with E-state index in [4.69, 9.17) is 0 Å². The van der Waals surface area contributed by atoms with Gasteiger partial charge >= 0.3 is 0 Å². The predicted molar refractivity (Wildman–Crippen MR) is 69.3 cm³/mol. The lowest BCUT2D eigenvalue weighted by atomic mass is 9.84. The second-order valence-corrected chi connectivity index (χ2v) is 5.67. The zero-order valence-electron chi connectivity index (χ0n) is 10.7. The minimum absolute atomic E-state index is 0.156. The van der Waals surface area contributed by atoms with Crippen molar-refractivity contribution in [1.29, 1.82) is 0 Å². The number of hydrogen-bond donors (Lipinski definition) is 1. The third-order valence-corrected chi connectivity index (χ3v) is 3.72. The minimum atomic E-state index is -0.820. The van der Waals surface area contributed by atoms with Gasteiger partial charge in [0.15, 0.2) is 0 Å². The van der Waals surface area contributed by atoms with E-state index < -0.39 is 5.60 Å². The second-order valence-electron chi connectivity index (χ2n) is 4.81. The summed E-state index contributed by atoms with van der Waals surface area (Å²) in [6, 6.07) is 0.248. The Kier molecular flexibility index (Phi) is 4.18. The number of halogens is 1. The molecule has 1 heterocycles. The summed E-state index contributed by atoms with van der Waals surface area (Å²) in [4.78, 5) is 0. The molecule has 0 saturated carbocycles. The summed E-state index contributed by atoms with van der Waals surface area (Å²) < 4.78 is 2.78. The predicted octanol–water partition coefficient (Wildman–Crippen LogP) is 3.48. The summed E-state index contributed by atoms with van der Waals surface area (Å²) in [6.07, 6.45) is 2.44. The Morgan fingerprint density at radius 3 is 2.38 bits per heavy atom. The molecule has 1 unspecified atom stereocenters. The van der Waals surface area contributed by atoms with E-state index in [1.54, 1.807) is 6.20 Å². The van der Waals surface area contributed by atoms with Gasteiger partial charge in [-0.3, -0.25) is 4.68 Å². The molecule has 0 fully saturated rings. The molecule has 4 heteroatoms. The molecule has 0 aliphatic rings. The molecule has 0 spiro atoms. The van der Waals surface area contributed by atoms with Crippen molar-refractivity contribution < 1.29 is 5.11 Å². The van der Waals surface area contributed by atoms with Crippen LogP contribution in [0.2, 0.25) is 0 Å². The molecule has 0 bridgehead atoms. The van der Waals surface area contributed by atoms with Crippen molar-refractivity contribution in [2.45, 2.75) is 52.7 Å². The first-order chi connectivity index (χ1) is 7.34. The molecule has 0 saturated heterocycles. The Morgan fingerprint density at radius 1 is 1.44 bits per heavy atom. The molecule has 1 N–H and O–H groups in total. The van der Waals surface area contributed by atoms with Gasteiger partial charge in [-0.15, -0.1) is 0 Å². The Balaban J connectivity index is 3.34. The summed E-state index contributed by atoms with van der Waals surface area (Å²) in [7, 11) is 0. The van der Waals surface area contributed by atoms with Crippen LogP contribution in [0.1, 0.15) is 52.8 Å². The van der Waals surface area contributed by atoms with Crippen molar-refractivity contribution in [3.05, 3.63) is 16.4 Å². The molecule has 3 nitrogen and oxygen atoms in total. The summed E-state index contributed by atoms with van der Waals surface area (Å²) in [5.41, 5.74) is 0.0691. The number of aliphatic hydroxyl groups is 1. The van der Waals surface area contributed by atoms with Crippen molar-refractivity contribution in [2.24, 2.45) is 5.92 Å². The van der Waals surface area contributed by atoms with Gasteiger partial charge in [0.25, 0.3) is 0 Å². The molecule has 1 rings (SSSR count). The Labute approximate surface area is 106 Å². The number of nitrogens with zero attached hydrogens (tertiary/aromatic N) is 2. The smallest absolute Gasteiger partial charge is 0.109 e. The summed E-state index contributed by atoms with van der Waals surface area (Å²) in [5, 5.41) is 15.1. The lowest BCUT2D eigenvalue weighted by molar-refractivity contribution is -0.0236. The Bertz CT molecular complexity index is 360. The van der Waals surface area contributed by atoms with Gasteiger partial charge < -0.3 is 5.11 Å². The molecule has 0 radical (unpaired) electrons. The summed E-state index contributed by atoms with van der Waals surface area (Å²) in [5.74, 6) is 0.156. The highest BCUT2D eigenvalue weighted by Gasteiger charge is 2.36. The van der Waals surface area contributed by atoms with Crippen LogP contribution in [0.25, 0.3) is 0 Å². The average molecular weight is 289 g/mol. The van der Waals surface area contributed by atoms with Gasteiger partial charge in [0.2, 0.25) is 0 Å². The van der Waals surface area contributed by atoms with Gasteiger partial charge in [0.05, 0.1) is 16.4 Å². The van der Waals surface area contributed by atoms with E-state index in [1.165, 1.54) is 0 Å². The van der Waals surface area contributed by atoms with Crippen molar-refractivity contribution in [3.63, 3.8) is 0 Å². The molecule has 0 aromatic carbocycles. The largest absolute Gasteiger partial charge is 0.383 e. The van der Waals surface area contributed by atoms with Gasteiger partial charge in [0, 0.05) is 6.04 Å². The number of rotatable bonds is 4. The van der Waals surface area contributed by atoms with Gasteiger partial charge in [-0.2, -0.15) is 5.10 Å². The first-order valence-electron chi connectivity index (χ1n) is 5.80. The summed E-state index contributed by atoms with van der Waals surface area (Å²) >= 11 is 3.49. The molecular formula is C12H21BrN2O. The zero-order chi connectivity index (χ0) is 12.5. The first-order valence-corrected chi connectivity index (χ1v) is 6.59. The van der Waals surface area contributed by atoms with E-state index in [0.29, 0.717) is 6.42 Å². The highest BCUT2D eigenvalue weighted by Crippen LogP contribution is 2.38. The number of aromatic nitrogens is 2. The fourth-order valence-electron chi connectivity index (χ4n) is 1.99. The second kappa shape index (κ2) is 4.88. The van der Waals surface area contributed by atoms with Crippen LogP contribution in [0.4, 0.5) is 0 Å². The fraction of sp³-hybridized carbons (Fsp3) is 0.750. The molecule has 16 heavy (non-hydrogen) atoms. The van der Waals surface area contributed by atoms with Crippen molar-refractivity contribution in [1.82, 2.24) is 9.78 Å². The molecule has 1 aromatic rings. The topological polar surface area (TPSA) is 38.1 Å². The van der Waals surface area contributed by atoms with Crippen LogP contribution in [0.3, 0.4) is 0 Å². The van der Waals surface area contributed by atoms with Crippen LogP contribution >= 0.6 is 15.9 Å². The van der Waals surface area contributed by atoms with Crippen LogP contribution in [0.15, 0.2) is 10.7 Å². The van der Waals surface area contributed by atoms with E-state index in [1.807, 2.05) is 25.5 Å². The van der Waals surface area contributed by atoms with Crippen LogP contribution in [0.5, 0.6) is 0 Å². The average Bonchev–Trinajstić information content (AvgIpc) is 2.59. The van der Waals surface area contributed by atoms with Crippen LogP contribution < -0.4 is 0 Å². The molecule has 0 aliphatic heterocycles. The lowest BCUT2D eigenvalue weighted by Gasteiger charge is -2.33. The van der Waals surface area contributed by atoms with Gasteiger partial charge in [0.1, 0.15) is 5.60 Å². The van der Waals surface area contributed by atoms with E-state index in [0.717, 1.165) is 10.2 Å². The molecule has 1 aromatic heterocycles. The molecule has 0 aliphatic carbocycles. The minimum Gasteiger partial charge on any atom is -0.383 e. The van der Waals surface area contributed by atoms with Gasteiger partial charge in [-0.05, 0) is 42.1 Å². The van der Waals surface area contributed by atoms with Crippen molar-refractivity contribution in [3.8, 4) is 0 Å². The van der Waals surface area contributed by atoms with E-state index in [2.05, 4.69) is 34.9 Å². The van der Waals surface area contributed by atoms with E-state index in [-0.39, 0.29) is 12.0 Å². The van der Waals surface area contributed by atoms with Crippen LogP contribution in [-0.2, 0) is 5.60 Å². The molecular weight excluding hydrogens is 268 g/mol. The van der Waals surface area contributed by atoms with Gasteiger partial charge in [-0.25, -0.2) is 0 Å². The van der Waals surface area contributed by atoms with Crippen LogP contribution in [-0.4, -0.2) is 14.9 Å². The SMILES string of the molecule is CCC(O)(c1c(Br)cnn1C(C)C)C(C)C. The maximum absolute atomic E-state index is 10.8. The summed E-state index contributed by atoms with van der Waals surface area (Å²) in [6.45, 7) is 10.2. The van der Waals surface area contributed by atoms with E-state index in [9.17, 15) is 5.11 Å². The molecule has 92 valence electrons. The van der Waals surface area contributed by atoms with Crippen molar-refractivity contribution in [2.75, 3.05) is 0 Å². The maximum atomic E-state index is 10.8. The lowest BCUT2D eigenvalue weighted by Crippen LogP contribution is -2.34. The quantitative estimate of drug-likeness (QED) is 0.921. The molecule has 0 amide bonds. The fourth-order valence-corrected chi connectivity index (χ4v) is 2.60. The van der Waals surface area contributed by atoms with Crippen molar-refractivity contribution >= 4 is 15.9 Å². The zero-order valence-corrected chi connectivity index (χ0v) is 12.2. The number of hydrogen-bond acceptors (Lipinski definition) is 2. The maximum Gasteiger partial charge on any atom is 0.109 e. The van der Waals surface area contributed by atoms with E-state index >= 15 is 0 Å². The standard InChI is InChI=1S/C12H21BrN2O/c1-6-12(16,8(2)3)11-10(13)7-14-15(11)9(4)5/h7-9,16H,6H2,1-5H3.